The minimum Gasteiger partial charge on any atom is -0.207 e. The van der Waals surface area contributed by atoms with Gasteiger partial charge in [0.25, 0.3) is 0 Å². The molecule has 5 heteroatoms. The SMILES string of the molecule is CC[C@@H](Br)C1CCCN1S(=O)(=O)c1c(C(C)C)cc(C(C)C)cc1C(C)C. The monoisotopic (exact) mass is 457 g/mol. The third-order valence-corrected chi connectivity index (χ3v) is 9.02. The summed E-state index contributed by atoms with van der Waals surface area (Å²) >= 11 is 3.73. The number of rotatable bonds is 7. The number of nitrogens with zero attached hydrogens (tertiary/aromatic N) is 1. The Bertz CT molecular complexity index is 727. The molecule has 0 saturated carbocycles. The minimum atomic E-state index is -3.53. The molecule has 0 aliphatic carbocycles. The van der Waals surface area contributed by atoms with Gasteiger partial charge >= 0.3 is 0 Å². The van der Waals surface area contributed by atoms with Crippen LogP contribution >= 0.6 is 15.9 Å². The maximum absolute atomic E-state index is 13.9. The molecule has 154 valence electrons. The minimum absolute atomic E-state index is 0.0461. The first-order valence-corrected chi connectivity index (χ1v) is 12.7. The van der Waals surface area contributed by atoms with E-state index in [-0.39, 0.29) is 22.7 Å². The fourth-order valence-corrected chi connectivity index (χ4v) is 7.11. The summed E-state index contributed by atoms with van der Waals surface area (Å²) in [7, 11) is -3.53. The summed E-state index contributed by atoms with van der Waals surface area (Å²) < 4.78 is 29.6. The average molecular weight is 459 g/mol. The predicted octanol–water partition coefficient (Wildman–Crippen LogP) is 6.38. The number of hydrogen-bond donors (Lipinski definition) is 0. The van der Waals surface area contributed by atoms with Crippen LogP contribution in [0, 0.1) is 0 Å². The Morgan fingerprint density at radius 3 is 1.96 bits per heavy atom. The summed E-state index contributed by atoms with van der Waals surface area (Å²) in [5, 5.41) is 0. The van der Waals surface area contributed by atoms with E-state index in [1.54, 1.807) is 4.31 Å². The van der Waals surface area contributed by atoms with E-state index in [1.807, 2.05) is 0 Å². The number of alkyl halides is 1. The van der Waals surface area contributed by atoms with Gasteiger partial charge in [-0.05, 0) is 53.7 Å². The second-order valence-electron chi connectivity index (χ2n) is 8.74. The van der Waals surface area contributed by atoms with Gasteiger partial charge in [0.05, 0.1) is 4.90 Å². The highest BCUT2D eigenvalue weighted by Gasteiger charge is 2.40. The van der Waals surface area contributed by atoms with Crippen LogP contribution < -0.4 is 0 Å². The predicted molar refractivity (Wildman–Crippen MR) is 119 cm³/mol. The zero-order chi connectivity index (χ0) is 20.5. The van der Waals surface area contributed by atoms with Crippen LogP contribution in [0.5, 0.6) is 0 Å². The fraction of sp³-hybridized carbons (Fsp3) is 0.727. The maximum atomic E-state index is 13.9. The Kier molecular flexibility index (Phi) is 7.60. The number of halogens is 1. The molecule has 0 bridgehead atoms. The van der Waals surface area contributed by atoms with Gasteiger partial charge in [0.15, 0.2) is 0 Å². The zero-order valence-electron chi connectivity index (χ0n) is 17.9. The van der Waals surface area contributed by atoms with E-state index >= 15 is 0 Å². The van der Waals surface area contributed by atoms with Crippen molar-refractivity contribution in [2.75, 3.05) is 6.54 Å². The van der Waals surface area contributed by atoms with Crippen LogP contribution in [0.15, 0.2) is 17.0 Å². The highest BCUT2D eigenvalue weighted by Crippen LogP contribution is 2.39. The molecule has 0 aromatic heterocycles. The Morgan fingerprint density at radius 1 is 1.04 bits per heavy atom. The van der Waals surface area contributed by atoms with Crippen LogP contribution in [-0.2, 0) is 10.0 Å². The largest absolute Gasteiger partial charge is 0.243 e. The summed E-state index contributed by atoms with van der Waals surface area (Å²) in [6.07, 6.45) is 2.79. The van der Waals surface area contributed by atoms with E-state index in [1.165, 1.54) is 5.56 Å². The molecule has 1 saturated heterocycles. The normalized spacial score (nSPS) is 20.2. The lowest BCUT2D eigenvalue weighted by Crippen LogP contribution is -2.41. The second-order valence-corrected chi connectivity index (χ2v) is 11.7. The van der Waals surface area contributed by atoms with Crippen LogP contribution in [-0.4, -0.2) is 30.1 Å². The van der Waals surface area contributed by atoms with Crippen molar-refractivity contribution in [3.8, 4) is 0 Å². The van der Waals surface area contributed by atoms with Gasteiger partial charge in [0.1, 0.15) is 0 Å². The molecule has 0 N–H and O–H groups in total. The average Bonchev–Trinajstić information content (AvgIpc) is 3.10. The van der Waals surface area contributed by atoms with E-state index in [9.17, 15) is 8.42 Å². The Labute approximate surface area is 175 Å². The van der Waals surface area contributed by atoms with Gasteiger partial charge in [-0.2, -0.15) is 4.31 Å². The summed E-state index contributed by atoms with van der Waals surface area (Å²) in [5.41, 5.74) is 3.17. The molecule has 1 aromatic rings. The Balaban J connectivity index is 2.71. The van der Waals surface area contributed by atoms with E-state index in [0.29, 0.717) is 17.4 Å². The number of sulfonamides is 1. The van der Waals surface area contributed by atoms with Crippen LogP contribution in [0.3, 0.4) is 0 Å². The van der Waals surface area contributed by atoms with Gasteiger partial charge in [0.2, 0.25) is 10.0 Å². The van der Waals surface area contributed by atoms with Crippen molar-refractivity contribution >= 4 is 26.0 Å². The first-order valence-electron chi connectivity index (χ1n) is 10.4. The molecule has 2 rings (SSSR count). The van der Waals surface area contributed by atoms with Crippen molar-refractivity contribution in [2.24, 2.45) is 0 Å². The third kappa shape index (κ3) is 4.62. The second kappa shape index (κ2) is 8.96. The maximum Gasteiger partial charge on any atom is 0.243 e. The standard InChI is InChI=1S/C22H36BrNO2S/c1-8-20(23)21-10-9-11-24(21)27(25,26)22-18(15(4)5)12-17(14(2)3)13-19(22)16(6)7/h12-16,20-21H,8-11H2,1-7H3/t20-,21?/m1/s1. The summed E-state index contributed by atoms with van der Waals surface area (Å²) in [4.78, 5) is 0.773. The Morgan fingerprint density at radius 2 is 1.56 bits per heavy atom. The summed E-state index contributed by atoms with van der Waals surface area (Å²) in [6.45, 7) is 15.5. The molecule has 3 nitrogen and oxygen atoms in total. The van der Waals surface area contributed by atoms with Gasteiger partial charge < -0.3 is 0 Å². The number of hydrogen-bond acceptors (Lipinski definition) is 2. The molecular weight excluding hydrogens is 422 g/mol. The molecule has 1 aliphatic rings. The summed E-state index contributed by atoms with van der Waals surface area (Å²) in [5.74, 6) is 0.708. The van der Waals surface area contributed by atoms with Crippen LogP contribution in [0.25, 0.3) is 0 Å². The molecule has 1 aromatic carbocycles. The van der Waals surface area contributed by atoms with E-state index in [0.717, 1.165) is 30.4 Å². The molecule has 0 amide bonds. The fourth-order valence-electron chi connectivity index (χ4n) is 4.00. The Hall–Kier alpha value is -0.390. The number of benzene rings is 1. The molecule has 0 radical (unpaired) electrons. The van der Waals surface area contributed by atoms with Crippen molar-refractivity contribution in [3.05, 3.63) is 28.8 Å². The topological polar surface area (TPSA) is 37.4 Å². The molecule has 1 unspecified atom stereocenters. The first kappa shape index (κ1) is 22.9. The van der Waals surface area contributed by atoms with E-state index in [4.69, 9.17) is 0 Å². The first-order chi connectivity index (χ1) is 12.5. The van der Waals surface area contributed by atoms with Crippen molar-refractivity contribution in [1.82, 2.24) is 4.31 Å². The molecule has 0 spiro atoms. The smallest absolute Gasteiger partial charge is 0.207 e. The molecule has 1 heterocycles. The van der Waals surface area contributed by atoms with Crippen LogP contribution in [0.2, 0.25) is 0 Å². The quantitative estimate of drug-likeness (QED) is 0.445. The molecule has 1 aliphatic heterocycles. The molecular formula is C22H36BrNO2S. The lowest BCUT2D eigenvalue weighted by molar-refractivity contribution is 0.376. The lowest BCUT2D eigenvalue weighted by atomic mass is 9.89. The van der Waals surface area contributed by atoms with E-state index < -0.39 is 10.0 Å². The van der Waals surface area contributed by atoms with Crippen molar-refractivity contribution in [3.63, 3.8) is 0 Å². The van der Waals surface area contributed by atoms with Gasteiger partial charge in [-0.25, -0.2) is 8.42 Å². The van der Waals surface area contributed by atoms with Gasteiger partial charge in [-0.3, -0.25) is 0 Å². The van der Waals surface area contributed by atoms with Gasteiger partial charge in [-0.1, -0.05) is 76.5 Å². The van der Waals surface area contributed by atoms with Crippen molar-refractivity contribution < 1.29 is 8.42 Å². The van der Waals surface area contributed by atoms with Crippen molar-refractivity contribution in [1.29, 1.82) is 0 Å². The highest BCUT2D eigenvalue weighted by atomic mass is 79.9. The molecule has 2 atom stereocenters. The van der Waals surface area contributed by atoms with Crippen LogP contribution in [0.1, 0.15) is 102 Å². The molecule has 27 heavy (non-hydrogen) atoms. The lowest BCUT2D eigenvalue weighted by Gasteiger charge is -2.31. The zero-order valence-corrected chi connectivity index (χ0v) is 20.3. The van der Waals surface area contributed by atoms with Gasteiger partial charge in [-0.15, -0.1) is 0 Å². The van der Waals surface area contributed by atoms with Gasteiger partial charge in [0, 0.05) is 17.4 Å². The van der Waals surface area contributed by atoms with Crippen LogP contribution in [0.4, 0.5) is 0 Å². The van der Waals surface area contributed by atoms with E-state index in [2.05, 4.69) is 76.5 Å². The highest BCUT2D eigenvalue weighted by molar-refractivity contribution is 9.09. The van der Waals surface area contributed by atoms with Crippen molar-refractivity contribution in [2.45, 2.75) is 101 Å². The molecule has 1 fully saturated rings. The summed E-state index contributed by atoms with van der Waals surface area (Å²) in [6, 6.07) is 4.31. The third-order valence-electron chi connectivity index (χ3n) is 5.70.